The van der Waals surface area contributed by atoms with Crippen LogP contribution in [-0.2, 0) is 0 Å². The van der Waals surface area contributed by atoms with Crippen LogP contribution in [0.5, 0.6) is 0 Å². The summed E-state index contributed by atoms with van der Waals surface area (Å²) in [6.45, 7) is 0.741. The molecule has 0 aliphatic rings. The third-order valence-corrected chi connectivity index (χ3v) is 2.55. The van der Waals surface area contributed by atoms with Gasteiger partial charge in [0.15, 0.2) is 0 Å². The molecule has 0 bridgehead atoms. The van der Waals surface area contributed by atoms with Crippen molar-refractivity contribution in [2.75, 3.05) is 19.5 Å². The van der Waals surface area contributed by atoms with Crippen LogP contribution in [0.3, 0.4) is 0 Å². The molecule has 0 radical (unpaired) electrons. The molecule has 1 aromatic heterocycles. The van der Waals surface area contributed by atoms with Crippen LogP contribution in [0.1, 0.15) is 29.6 Å². The molecule has 1 heterocycles. The zero-order chi connectivity index (χ0) is 11.8. The lowest BCUT2D eigenvalue weighted by Crippen LogP contribution is -2.27. The van der Waals surface area contributed by atoms with Gasteiger partial charge in [0.2, 0.25) is 0 Å². The lowest BCUT2D eigenvalue weighted by molar-refractivity contribution is 0.0792. The monoisotopic (exact) mass is 241 g/mol. The molecule has 1 rings (SSSR count). The van der Waals surface area contributed by atoms with Crippen LogP contribution in [0.15, 0.2) is 18.7 Å². The van der Waals surface area contributed by atoms with Crippen molar-refractivity contribution >= 4 is 17.5 Å². The van der Waals surface area contributed by atoms with E-state index in [0.717, 1.165) is 25.8 Å². The highest BCUT2D eigenvalue weighted by molar-refractivity contribution is 6.17. The smallest absolute Gasteiger partial charge is 0.256 e. The van der Waals surface area contributed by atoms with Gasteiger partial charge in [0.05, 0.1) is 5.56 Å². The number of nitrogens with zero attached hydrogens (tertiary/aromatic N) is 3. The predicted molar refractivity (Wildman–Crippen MR) is 63.6 cm³/mol. The molecule has 0 aromatic carbocycles. The van der Waals surface area contributed by atoms with E-state index in [4.69, 9.17) is 11.6 Å². The molecule has 0 atom stereocenters. The van der Waals surface area contributed by atoms with E-state index >= 15 is 0 Å². The van der Waals surface area contributed by atoms with E-state index in [1.54, 1.807) is 11.9 Å². The second-order valence-corrected chi connectivity index (χ2v) is 3.98. The standard InChI is InChI=1S/C11H16ClN3O/c1-15(6-4-2-3-5-12)11(16)10-7-13-9-14-8-10/h7-9H,2-6H2,1H3. The third-order valence-electron chi connectivity index (χ3n) is 2.28. The molecular formula is C11H16ClN3O. The summed E-state index contributed by atoms with van der Waals surface area (Å²) in [7, 11) is 1.79. The Hall–Kier alpha value is -1.16. The molecule has 4 nitrogen and oxygen atoms in total. The van der Waals surface area contributed by atoms with Crippen molar-refractivity contribution in [3.8, 4) is 0 Å². The molecule has 88 valence electrons. The minimum atomic E-state index is -0.0357. The van der Waals surface area contributed by atoms with Gasteiger partial charge in [-0.25, -0.2) is 9.97 Å². The molecule has 1 amide bonds. The van der Waals surface area contributed by atoms with Gasteiger partial charge in [-0.15, -0.1) is 11.6 Å². The van der Waals surface area contributed by atoms with Gasteiger partial charge in [-0.2, -0.15) is 0 Å². The molecule has 0 unspecified atom stereocenters. The van der Waals surface area contributed by atoms with Crippen molar-refractivity contribution in [1.82, 2.24) is 14.9 Å². The fraction of sp³-hybridized carbons (Fsp3) is 0.545. The zero-order valence-electron chi connectivity index (χ0n) is 9.40. The van der Waals surface area contributed by atoms with Crippen LogP contribution in [0.25, 0.3) is 0 Å². The van der Waals surface area contributed by atoms with E-state index in [2.05, 4.69) is 9.97 Å². The molecular weight excluding hydrogens is 226 g/mol. The maximum Gasteiger partial charge on any atom is 0.256 e. The minimum Gasteiger partial charge on any atom is -0.342 e. The highest BCUT2D eigenvalue weighted by atomic mass is 35.5. The number of hydrogen-bond donors (Lipinski definition) is 0. The minimum absolute atomic E-state index is 0.0357. The normalized spacial score (nSPS) is 10.1. The summed E-state index contributed by atoms with van der Waals surface area (Å²) in [6.07, 6.45) is 7.50. The molecule has 0 saturated heterocycles. The van der Waals surface area contributed by atoms with Crippen LogP contribution in [0, 0.1) is 0 Å². The fourth-order valence-corrected chi connectivity index (χ4v) is 1.54. The van der Waals surface area contributed by atoms with Gasteiger partial charge in [-0.1, -0.05) is 6.42 Å². The summed E-state index contributed by atoms with van der Waals surface area (Å²) in [6, 6.07) is 0. The topological polar surface area (TPSA) is 46.1 Å². The van der Waals surface area contributed by atoms with E-state index in [1.165, 1.54) is 18.7 Å². The van der Waals surface area contributed by atoms with Crippen molar-refractivity contribution in [3.05, 3.63) is 24.3 Å². The SMILES string of the molecule is CN(CCCCCCl)C(=O)c1cncnc1. The summed E-state index contributed by atoms with van der Waals surface area (Å²) in [5, 5.41) is 0. The molecule has 0 aliphatic heterocycles. The van der Waals surface area contributed by atoms with E-state index < -0.39 is 0 Å². The Morgan fingerprint density at radius 1 is 1.31 bits per heavy atom. The Morgan fingerprint density at radius 2 is 2.00 bits per heavy atom. The van der Waals surface area contributed by atoms with Gasteiger partial charge >= 0.3 is 0 Å². The first kappa shape index (κ1) is 12.9. The number of aromatic nitrogens is 2. The lowest BCUT2D eigenvalue weighted by atomic mass is 10.2. The summed E-state index contributed by atoms with van der Waals surface area (Å²) < 4.78 is 0. The van der Waals surface area contributed by atoms with E-state index in [-0.39, 0.29) is 5.91 Å². The first-order chi connectivity index (χ1) is 7.75. The van der Waals surface area contributed by atoms with E-state index in [1.807, 2.05) is 0 Å². The van der Waals surface area contributed by atoms with Gasteiger partial charge in [0, 0.05) is 31.9 Å². The van der Waals surface area contributed by atoms with Crippen molar-refractivity contribution in [2.24, 2.45) is 0 Å². The second kappa shape index (κ2) is 7.17. The number of alkyl halides is 1. The zero-order valence-corrected chi connectivity index (χ0v) is 10.2. The van der Waals surface area contributed by atoms with Gasteiger partial charge in [0.25, 0.3) is 5.91 Å². The van der Waals surface area contributed by atoms with Crippen molar-refractivity contribution in [1.29, 1.82) is 0 Å². The number of amides is 1. The van der Waals surface area contributed by atoms with Crippen LogP contribution in [0.4, 0.5) is 0 Å². The maximum atomic E-state index is 11.8. The highest BCUT2D eigenvalue weighted by Gasteiger charge is 2.10. The molecule has 0 saturated carbocycles. The summed E-state index contributed by atoms with van der Waals surface area (Å²) >= 11 is 5.58. The van der Waals surface area contributed by atoms with Crippen LogP contribution < -0.4 is 0 Å². The number of halogens is 1. The summed E-state index contributed by atoms with van der Waals surface area (Å²) in [4.78, 5) is 21.2. The predicted octanol–water partition coefficient (Wildman–Crippen LogP) is 1.96. The Bertz CT molecular complexity index is 318. The number of carbonyl (C=O) groups is 1. The fourth-order valence-electron chi connectivity index (χ4n) is 1.35. The first-order valence-electron chi connectivity index (χ1n) is 5.32. The Kier molecular flexibility index (Phi) is 5.78. The molecule has 0 N–H and O–H groups in total. The van der Waals surface area contributed by atoms with Gasteiger partial charge in [0.1, 0.15) is 6.33 Å². The van der Waals surface area contributed by atoms with Crippen molar-refractivity contribution in [3.63, 3.8) is 0 Å². The quantitative estimate of drug-likeness (QED) is 0.565. The average molecular weight is 242 g/mol. The molecule has 16 heavy (non-hydrogen) atoms. The van der Waals surface area contributed by atoms with Crippen molar-refractivity contribution < 1.29 is 4.79 Å². The third kappa shape index (κ3) is 4.14. The van der Waals surface area contributed by atoms with E-state index in [0.29, 0.717) is 11.4 Å². The molecule has 0 aliphatic carbocycles. The lowest BCUT2D eigenvalue weighted by Gasteiger charge is -2.16. The Labute approximate surface area is 101 Å². The van der Waals surface area contributed by atoms with E-state index in [9.17, 15) is 4.79 Å². The highest BCUT2D eigenvalue weighted by Crippen LogP contribution is 2.03. The summed E-state index contributed by atoms with van der Waals surface area (Å²) in [5.41, 5.74) is 0.530. The average Bonchev–Trinajstić information content (AvgIpc) is 2.34. The summed E-state index contributed by atoms with van der Waals surface area (Å²) in [5.74, 6) is 0.649. The van der Waals surface area contributed by atoms with Gasteiger partial charge in [-0.05, 0) is 12.8 Å². The molecule has 0 spiro atoms. The molecule has 0 fully saturated rings. The molecule has 1 aromatic rings. The van der Waals surface area contributed by atoms with Crippen molar-refractivity contribution in [2.45, 2.75) is 19.3 Å². The van der Waals surface area contributed by atoms with Crippen LogP contribution >= 0.6 is 11.6 Å². The molecule has 5 heteroatoms. The van der Waals surface area contributed by atoms with Gasteiger partial charge in [-0.3, -0.25) is 4.79 Å². The van der Waals surface area contributed by atoms with Gasteiger partial charge < -0.3 is 4.90 Å². The number of unbranched alkanes of at least 4 members (excludes halogenated alkanes) is 2. The Balaban J connectivity index is 2.37. The second-order valence-electron chi connectivity index (χ2n) is 3.60. The number of carbonyl (C=O) groups excluding carboxylic acids is 1. The first-order valence-corrected chi connectivity index (χ1v) is 5.85. The van der Waals surface area contributed by atoms with Crippen LogP contribution in [-0.4, -0.2) is 40.2 Å². The largest absolute Gasteiger partial charge is 0.342 e. The number of hydrogen-bond acceptors (Lipinski definition) is 3. The maximum absolute atomic E-state index is 11.8. The van der Waals surface area contributed by atoms with Crippen LogP contribution in [0.2, 0.25) is 0 Å². The Morgan fingerprint density at radius 3 is 2.62 bits per heavy atom. The number of rotatable bonds is 6.